The Morgan fingerprint density at radius 2 is 2.00 bits per heavy atom. The largest absolute Gasteiger partial charge is 0.476 e. The molecular formula is C15H17N3O2S. The number of hydrogen-bond donors (Lipinski definition) is 2. The van der Waals surface area contributed by atoms with E-state index in [4.69, 9.17) is 0 Å². The molecule has 1 aromatic heterocycles. The molecule has 21 heavy (non-hydrogen) atoms. The van der Waals surface area contributed by atoms with Gasteiger partial charge in [0.05, 0.1) is 4.88 Å². The first-order valence-electron chi connectivity index (χ1n) is 6.95. The molecule has 0 bridgehead atoms. The van der Waals surface area contributed by atoms with Crippen LogP contribution in [-0.4, -0.2) is 47.1 Å². The van der Waals surface area contributed by atoms with Crippen molar-refractivity contribution in [2.45, 2.75) is 6.54 Å². The number of piperazine rings is 1. The van der Waals surface area contributed by atoms with Gasteiger partial charge in [-0.2, -0.15) is 0 Å². The number of carbonyl (C=O) groups is 1. The van der Waals surface area contributed by atoms with Crippen LogP contribution in [0.15, 0.2) is 30.3 Å². The maximum Gasteiger partial charge on any atom is 0.355 e. The summed E-state index contributed by atoms with van der Waals surface area (Å²) >= 11 is 1.48. The lowest BCUT2D eigenvalue weighted by molar-refractivity contribution is 0.0689. The number of carboxylic acids is 1. The zero-order chi connectivity index (χ0) is 14.7. The third-order valence-electron chi connectivity index (χ3n) is 3.50. The Morgan fingerprint density at radius 1 is 1.29 bits per heavy atom. The Labute approximate surface area is 127 Å². The van der Waals surface area contributed by atoms with Gasteiger partial charge in [0.15, 0.2) is 5.69 Å². The predicted octanol–water partition coefficient (Wildman–Crippen LogP) is 1.91. The molecule has 2 N–H and O–H groups in total. The summed E-state index contributed by atoms with van der Waals surface area (Å²) in [6, 6.07) is 9.73. The van der Waals surface area contributed by atoms with E-state index in [1.807, 2.05) is 30.3 Å². The Kier molecular flexibility index (Phi) is 4.28. The average Bonchev–Trinajstić information content (AvgIpc) is 2.93. The van der Waals surface area contributed by atoms with Crippen LogP contribution in [0, 0.1) is 0 Å². The second-order valence-electron chi connectivity index (χ2n) is 4.99. The van der Waals surface area contributed by atoms with E-state index in [-0.39, 0.29) is 5.69 Å². The van der Waals surface area contributed by atoms with Gasteiger partial charge in [0.2, 0.25) is 0 Å². The van der Waals surface area contributed by atoms with Crippen molar-refractivity contribution in [2.75, 3.05) is 26.2 Å². The minimum atomic E-state index is -0.946. The van der Waals surface area contributed by atoms with Crippen LogP contribution in [0.1, 0.15) is 15.4 Å². The Hall–Kier alpha value is -1.76. The summed E-state index contributed by atoms with van der Waals surface area (Å²) in [6.07, 6.45) is 0. The normalized spacial score (nSPS) is 16.0. The van der Waals surface area contributed by atoms with E-state index in [1.165, 1.54) is 11.3 Å². The van der Waals surface area contributed by atoms with E-state index >= 15 is 0 Å². The van der Waals surface area contributed by atoms with Crippen molar-refractivity contribution in [1.82, 2.24) is 15.2 Å². The van der Waals surface area contributed by atoms with Crippen molar-refractivity contribution in [1.29, 1.82) is 0 Å². The van der Waals surface area contributed by atoms with Gasteiger partial charge in [0, 0.05) is 38.3 Å². The van der Waals surface area contributed by atoms with Crippen LogP contribution in [0.2, 0.25) is 0 Å². The SMILES string of the molecule is O=C(O)c1nc(-c2ccccc2)sc1CN1CCNCC1. The first-order chi connectivity index (χ1) is 10.2. The van der Waals surface area contributed by atoms with E-state index in [1.54, 1.807) is 0 Å². The molecule has 0 saturated carbocycles. The molecular weight excluding hydrogens is 286 g/mol. The van der Waals surface area contributed by atoms with Crippen LogP contribution in [0.5, 0.6) is 0 Å². The second-order valence-corrected chi connectivity index (χ2v) is 6.07. The van der Waals surface area contributed by atoms with Crippen LogP contribution in [0.4, 0.5) is 0 Å². The summed E-state index contributed by atoms with van der Waals surface area (Å²) in [5.41, 5.74) is 1.16. The lowest BCUT2D eigenvalue weighted by Gasteiger charge is -2.26. The lowest BCUT2D eigenvalue weighted by atomic mass is 10.2. The van der Waals surface area contributed by atoms with Gasteiger partial charge in [-0.1, -0.05) is 30.3 Å². The minimum Gasteiger partial charge on any atom is -0.476 e. The number of nitrogens with one attached hydrogen (secondary N) is 1. The molecule has 0 unspecified atom stereocenters. The van der Waals surface area contributed by atoms with Crippen molar-refractivity contribution < 1.29 is 9.90 Å². The van der Waals surface area contributed by atoms with Crippen molar-refractivity contribution >= 4 is 17.3 Å². The molecule has 1 aliphatic rings. The number of carboxylic acid groups (broad SMARTS) is 1. The number of nitrogens with zero attached hydrogens (tertiary/aromatic N) is 2. The first-order valence-corrected chi connectivity index (χ1v) is 7.77. The molecule has 0 radical (unpaired) electrons. The van der Waals surface area contributed by atoms with Crippen LogP contribution >= 0.6 is 11.3 Å². The minimum absolute atomic E-state index is 0.192. The number of aromatic carboxylic acids is 1. The summed E-state index contributed by atoms with van der Waals surface area (Å²) in [7, 11) is 0. The van der Waals surface area contributed by atoms with E-state index in [0.29, 0.717) is 6.54 Å². The smallest absolute Gasteiger partial charge is 0.355 e. The number of benzene rings is 1. The monoisotopic (exact) mass is 303 g/mol. The van der Waals surface area contributed by atoms with Gasteiger partial charge < -0.3 is 10.4 Å². The van der Waals surface area contributed by atoms with Crippen LogP contribution in [0.25, 0.3) is 10.6 Å². The quantitative estimate of drug-likeness (QED) is 0.903. The average molecular weight is 303 g/mol. The maximum atomic E-state index is 11.4. The molecule has 0 spiro atoms. The standard InChI is InChI=1S/C15H17N3O2S/c19-15(20)13-12(10-18-8-6-16-7-9-18)21-14(17-13)11-4-2-1-3-5-11/h1-5,16H,6-10H2,(H,19,20). The van der Waals surface area contributed by atoms with E-state index in [9.17, 15) is 9.90 Å². The van der Waals surface area contributed by atoms with Gasteiger partial charge in [-0.3, -0.25) is 4.90 Å². The first kappa shape index (κ1) is 14.2. The fourth-order valence-corrected chi connectivity index (χ4v) is 3.50. The van der Waals surface area contributed by atoms with Gasteiger partial charge >= 0.3 is 5.97 Å². The summed E-state index contributed by atoms with van der Waals surface area (Å²) in [6.45, 7) is 4.45. The lowest BCUT2D eigenvalue weighted by Crippen LogP contribution is -2.42. The van der Waals surface area contributed by atoms with Gasteiger partial charge in [-0.25, -0.2) is 9.78 Å². The van der Waals surface area contributed by atoms with Crippen molar-refractivity contribution in [3.63, 3.8) is 0 Å². The molecule has 1 saturated heterocycles. The molecule has 5 nitrogen and oxygen atoms in total. The van der Waals surface area contributed by atoms with Gasteiger partial charge in [-0.15, -0.1) is 11.3 Å². The molecule has 2 heterocycles. The fourth-order valence-electron chi connectivity index (χ4n) is 2.40. The fraction of sp³-hybridized carbons (Fsp3) is 0.333. The Morgan fingerprint density at radius 3 is 2.67 bits per heavy atom. The number of thiazole rings is 1. The molecule has 0 aliphatic carbocycles. The highest BCUT2D eigenvalue weighted by molar-refractivity contribution is 7.15. The number of rotatable bonds is 4. The Balaban J connectivity index is 1.88. The van der Waals surface area contributed by atoms with Crippen molar-refractivity contribution in [2.24, 2.45) is 0 Å². The van der Waals surface area contributed by atoms with Crippen molar-refractivity contribution in [3.05, 3.63) is 40.9 Å². The highest BCUT2D eigenvalue weighted by Gasteiger charge is 2.21. The maximum absolute atomic E-state index is 11.4. The van der Waals surface area contributed by atoms with E-state index in [0.717, 1.165) is 41.6 Å². The molecule has 1 fully saturated rings. The highest BCUT2D eigenvalue weighted by atomic mass is 32.1. The molecule has 0 atom stereocenters. The summed E-state index contributed by atoms with van der Waals surface area (Å²) in [5, 5.41) is 13.4. The molecule has 0 amide bonds. The van der Waals surface area contributed by atoms with Gasteiger partial charge in [0.1, 0.15) is 5.01 Å². The third-order valence-corrected chi connectivity index (χ3v) is 4.59. The molecule has 1 aromatic carbocycles. The van der Waals surface area contributed by atoms with Crippen molar-refractivity contribution in [3.8, 4) is 10.6 Å². The van der Waals surface area contributed by atoms with E-state index < -0.39 is 5.97 Å². The topological polar surface area (TPSA) is 65.5 Å². The number of aromatic nitrogens is 1. The second kappa shape index (κ2) is 6.34. The number of hydrogen-bond acceptors (Lipinski definition) is 5. The molecule has 6 heteroatoms. The predicted molar refractivity (Wildman–Crippen MR) is 82.7 cm³/mol. The highest BCUT2D eigenvalue weighted by Crippen LogP contribution is 2.29. The summed E-state index contributed by atoms with van der Waals surface area (Å²) < 4.78 is 0. The Bertz CT molecular complexity index is 621. The van der Waals surface area contributed by atoms with Gasteiger partial charge in [-0.05, 0) is 0 Å². The third kappa shape index (κ3) is 3.29. The van der Waals surface area contributed by atoms with Gasteiger partial charge in [0.25, 0.3) is 0 Å². The summed E-state index contributed by atoms with van der Waals surface area (Å²) in [4.78, 5) is 18.8. The van der Waals surface area contributed by atoms with E-state index in [2.05, 4.69) is 15.2 Å². The van der Waals surface area contributed by atoms with Crippen LogP contribution in [-0.2, 0) is 6.54 Å². The zero-order valence-corrected chi connectivity index (χ0v) is 12.4. The molecule has 1 aliphatic heterocycles. The molecule has 2 aromatic rings. The molecule has 110 valence electrons. The molecule has 3 rings (SSSR count). The van der Waals surface area contributed by atoms with Crippen LogP contribution < -0.4 is 5.32 Å². The van der Waals surface area contributed by atoms with Crippen LogP contribution in [0.3, 0.4) is 0 Å². The summed E-state index contributed by atoms with van der Waals surface area (Å²) in [5.74, 6) is -0.946. The zero-order valence-electron chi connectivity index (χ0n) is 11.6.